The first-order chi connectivity index (χ1) is 20.6. The third-order valence-electron chi connectivity index (χ3n) is 8.23. The monoisotopic (exact) mass is 566 g/mol. The van der Waals surface area contributed by atoms with Crippen LogP contribution in [-0.2, 0) is 0 Å². The zero-order valence-electron chi connectivity index (χ0n) is 26.9. The van der Waals surface area contributed by atoms with E-state index < -0.39 is 0 Å². The SMILES string of the molecule is Cc1cc(N(c2ccccc2)c2cccc(C(CC(C)(C)C)C(C)C)c2)c(C)cc1N(c1ccccc1)c1ccccc1. The molecule has 0 fully saturated rings. The molecule has 0 aliphatic carbocycles. The molecule has 220 valence electrons. The maximum absolute atomic E-state index is 2.43. The van der Waals surface area contributed by atoms with E-state index in [2.05, 4.69) is 186 Å². The lowest BCUT2D eigenvalue weighted by atomic mass is 9.76. The highest BCUT2D eigenvalue weighted by Gasteiger charge is 2.25. The number of hydrogen-bond acceptors (Lipinski definition) is 2. The summed E-state index contributed by atoms with van der Waals surface area (Å²) in [5.41, 5.74) is 11.2. The number of para-hydroxylation sites is 3. The largest absolute Gasteiger partial charge is 0.310 e. The van der Waals surface area contributed by atoms with Gasteiger partial charge in [-0.1, -0.05) is 101 Å². The van der Waals surface area contributed by atoms with Crippen LogP contribution in [-0.4, -0.2) is 0 Å². The second-order valence-electron chi connectivity index (χ2n) is 13.3. The van der Waals surface area contributed by atoms with Crippen LogP contribution < -0.4 is 9.80 Å². The Hall–Kier alpha value is -4.30. The number of rotatable bonds is 9. The van der Waals surface area contributed by atoms with Crippen LogP contribution in [0.1, 0.15) is 63.6 Å². The van der Waals surface area contributed by atoms with Crippen molar-refractivity contribution in [2.45, 2.75) is 60.8 Å². The van der Waals surface area contributed by atoms with E-state index in [4.69, 9.17) is 0 Å². The van der Waals surface area contributed by atoms with Gasteiger partial charge < -0.3 is 9.80 Å². The Balaban J connectivity index is 1.65. The van der Waals surface area contributed by atoms with E-state index in [-0.39, 0.29) is 5.41 Å². The van der Waals surface area contributed by atoms with E-state index in [1.807, 2.05) is 0 Å². The van der Waals surface area contributed by atoms with E-state index in [1.165, 1.54) is 33.8 Å². The van der Waals surface area contributed by atoms with Crippen molar-refractivity contribution in [3.8, 4) is 0 Å². The maximum Gasteiger partial charge on any atom is 0.0494 e. The molecular weight excluding hydrogens is 520 g/mol. The average molecular weight is 567 g/mol. The highest BCUT2D eigenvalue weighted by molar-refractivity contribution is 5.84. The molecule has 0 bridgehead atoms. The van der Waals surface area contributed by atoms with Gasteiger partial charge in [-0.15, -0.1) is 0 Å². The van der Waals surface area contributed by atoms with Gasteiger partial charge in [-0.25, -0.2) is 0 Å². The van der Waals surface area contributed by atoms with Gasteiger partial charge in [-0.2, -0.15) is 0 Å². The molecule has 0 aliphatic heterocycles. The van der Waals surface area contributed by atoms with Crippen molar-refractivity contribution in [1.82, 2.24) is 0 Å². The van der Waals surface area contributed by atoms with Gasteiger partial charge in [0.1, 0.15) is 0 Å². The minimum absolute atomic E-state index is 0.261. The molecule has 0 N–H and O–H groups in total. The molecule has 5 aromatic rings. The minimum Gasteiger partial charge on any atom is -0.310 e. The third-order valence-corrected chi connectivity index (χ3v) is 8.23. The fourth-order valence-corrected chi connectivity index (χ4v) is 6.15. The summed E-state index contributed by atoms with van der Waals surface area (Å²) in [4.78, 5) is 4.79. The third kappa shape index (κ3) is 7.03. The maximum atomic E-state index is 2.43. The first-order valence-electron chi connectivity index (χ1n) is 15.6. The fourth-order valence-electron chi connectivity index (χ4n) is 6.15. The molecule has 2 heteroatoms. The van der Waals surface area contributed by atoms with Crippen LogP contribution in [0.3, 0.4) is 0 Å². The highest BCUT2D eigenvalue weighted by Crippen LogP contribution is 2.44. The lowest BCUT2D eigenvalue weighted by Crippen LogP contribution is -2.18. The summed E-state index contributed by atoms with van der Waals surface area (Å²) in [6.45, 7) is 16.2. The van der Waals surface area contributed by atoms with Crippen LogP contribution >= 0.6 is 0 Å². The van der Waals surface area contributed by atoms with Gasteiger partial charge in [0.2, 0.25) is 0 Å². The highest BCUT2D eigenvalue weighted by atomic mass is 15.2. The Morgan fingerprint density at radius 3 is 1.30 bits per heavy atom. The minimum atomic E-state index is 0.261. The van der Waals surface area contributed by atoms with Gasteiger partial charge in [-0.3, -0.25) is 0 Å². The van der Waals surface area contributed by atoms with Crippen molar-refractivity contribution in [2.24, 2.45) is 11.3 Å². The molecule has 0 amide bonds. The Labute approximate surface area is 259 Å². The van der Waals surface area contributed by atoms with Crippen molar-refractivity contribution in [3.05, 3.63) is 144 Å². The molecule has 0 saturated heterocycles. The fraction of sp³-hybridized carbons (Fsp3) is 0.268. The van der Waals surface area contributed by atoms with Gasteiger partial charge >= 0.3 is 0 Å². The van der Waals surface area contributed by atoms with Crippen LogP contribution in [0, 0.1) is 25.2 Å². The molecule has 0 aromatic heterocycles. The van der Waals surface area contributed by atoms with Gasteiger partial charge in [0.05, 0.1) is 0 Å². The van der Waals surface area contributed by atoms with Crippen LogP contribution in [0.15, 0.2) is 127 Å². The predicted octanol–water partition coefficient (Wildman–Crippen LogP) is 12.4. The molecule has 5 aromatic carbocycles. The average Bonchev–Trinajstić information content (AvgIpc) is 3.00. The molecule has 0 spiro atoms. The van der Waals surface area contributed by atoms with E-state index in [0.717, 1.165) is 23.5 Å². The number of hydrogen-bond donors (Lipinski definition) is 0. The second-order valence-corrected chi connectivity index (χ2v) is 13.3. The molecule has 0 aliphatic rings. The molecule has 1 unspecified atom stereocenters. The Kier molecular flexibility index (Phi) is 9.06. The van der Waals surface area contributed by atoms with E-state index in [0.29, 0.717) is 11.8 Å². The van der Waals surface area contributed by atoms with Gasteiger partial charge in [-0.05, 0) is 115 Å². The van der Waals surface area contributed by atoms with E-state index in [9.17, 15) is 0 Å². The summed E-state index contributed by atoms with van der Waals surface area (Å²) >= 11 is 0. The zero-order valence-corrected chi connectivity index (χ0v) is 26.9. The molecule has 2 nitrogen and oxygen atoms in total. The van der Waals surface area contributed by atoms with Gasteiger partial charge in [0, 0.05) is 34.1 Å². The van der Waals surface area contributed by atoms with Crippen molar-refractivity contribution in [1.29, 1.82) is 0 Å². The topological polar surface area (TPSA) is 6.48 Å². The standard InChI is InChI=1S/C41H46N2/c1-30(2)38(29-41(5,6)7)33-18-17-25-37(28-33)43(36-23-15-10-16-24-36)40-27-31(3)39(26-32(40)4)42(34-19-11-8-12-20-34)35-21-13-9-14-22-35/h8-28,30,38H,29H2,1-7H3. The molecule has 0 radical (unpaired) electrons. The number of aryl methyl sites for hydroxylation is 2. The smallest absolute Gasteiger partial charge is 0.0494 e. The van der Waals surface area contributed by atoms with Crippen LogP contribution in [0.4, 0.5) is 34.1 Å². The summed E-state index contributed by atoms with van der Waals surface area (Å²) in [5, 5.41) is 0. The summed E-state index contributed by atoms with van der Waals surface area (Å²) in [6.07, 6.45) is 1.15. The van der Waals surface area contributed by atoms with Gasteiger partial charge in [0.15, 0.2) is 0 Å². The molecule has 43 heavy (non-hydrogen) atoms. The Bertz CT molecular complexity index is 1580. The van der Waals surface area contributed by atoms with Crippen LogP contribution in [0.2, 0.25) is 0 Å². The zero-order chi connectivity index (χ0) is 30.6. The lowest BCUT2D eigenvalue weighted by molar-refractivity contribution is 0.301. The number of anilines is 6. The lowest BCUT2D eigenvalue weighted by Gasteiger charge is -2.33. The first-order valence-corrected chi connectivity index (χ1v) is 15.6. The van der Waals surface area contributed by atoms with Crippen LogP contribution in [0.5, 0.6) is 0 Å². The van der Waals surface area contributed by atoms with Crippen molar-refractivity contribution >= 4 is 34.1 Å². The van der Waals surface area contributed by atoms with Crippen molar-refractivity contribution < 1.29 is 0 Å². The van der Waals surface area contributed by atoms with Crippen molar-refractivity contribution in [3.63, 3.8) is 0 Å². The van der Waals surface area contributed by atoms with Crippen LogP contribution in [0.25, 0.3) is 0 Å². The quantitative estimate of drug-likeness (QED) is 0.175. The summed E-state index contributed by atoms with van der Waals surface area (Å²) in [6, 6.07) is 46.0. The summed E-state index contributed by atoms with van der Waals surface area (Å²) < 4.78 is 0. The summed E-state index contributed by atoms with van der Waals surface area (Å²) in [7, 11) is 0. The first kappa shape index (κ1) is 30.2. The Morgan fingerprint density at radius 1 is 0.512 bits per heavy atom. The number of nitrogens with zero attached hydrogens (tertiary/aromatic N) is 2. The predicted molar refractivity (Wildman–Crippen MR) is 187 cm³/mol. The molecule has 0 heterocycles. The molecule has 1 atom stereocenters. The Morgan fingerprint density at radius 2 is 0.907 bits per heavy atom. The molecular formula is C41H46N2. The summed E-state index contributed by atoms with van der Waals surface area (Å²) in [5.74, 6) is 1.05. The van der Waals surface area contributed by atoms with E-state index >= 15 is 0 Å². The molecule has 5 rings (SSSR count). The normalized spacial score (nSPS) is 12.3. The van der Waals surface area contributed by atoms with E-state index in [1.54, 1.807) is 0 Å². The molecule has 0 saturated carbocycles. The second kappa shape index (κ2) is 12.9. The van der Waals surface area contributed by atoms with Gasteiger partial charge in [0.25, 0.3) is 0 Å². The number of benzene rings is 5. The van der Waals surface area contributed by atoms with Crippen molar-refractivity contribution in [2.75, 3.05) is 9.80 Å².